The molecule has 3 rings (SSSR count). The number of carbonyl (C=O) groups is 1. The summed E-state index contributed by atoms with van der Waals surface area (Å²) in [5.74, 6) is -0.313. The van der Waals surface area contributed by atoms with E-state index in [2.05, 4.69) is 4.99 Å². The number of ether oxygens (including phenoxy) is 1. The van der Waals surface area contributed by atoms with Crippen molar-refractivity contribution in [2.75, 3.05) is 13.7 Å². The fourth-order valence-electron chi connectivity index (χ4n) is 3.15. The van der Waals surface area contributed by atoms with Crippen molar-refractivity contribution in [1.29, 1.82) is 0 Å². The molecule has 4 N–H and O–H groups in total. The van der Waals surface area contributed by atoms with E-state index in [9.17, 15) is 9.18 Å². The van der Waals surface area contributed by atoms with E-state index in [0.717, 1.165) is 11.1 Å². The van der Waals surface area contributed by atoms with Crippen LogP contribution in [0.1, 0.15) is 11.1 Å². The second-order valence-corrected chi connectivity index (χ2v) is 6.27. The summed E-state index contributed by atoms with van der Waals surface area (Å²) in [5.41, 5.74) is 13.2. The Morgan fingerprint density at radius 1 is 1.27 bits per heavy atom. The molecule has 8 heteroatoms. The SMILES string of the molecule is COc1cccc(F)c1-c1ccc(Cl)c2c1CN(C(=O)N=C(N)N)CC2. The smallest absolute Gasteiger partial charge is 0.347 e. The molecule has 0 radical (unpaired) electrons. The van der Waals surface area contributed by atoms with Gasteiger partial charge in [-0.25, -0.2) is 9.18 Å². The van der Waals surface area contributed by atoms with E-state index >= 15 is 0 Å². The Labute approximate surface area is 155 Å². The molecule has 0 aromatic heterocycles. The minimum absolute atomic E-state index is 0.221. The molecule has 0 bridgehead atoms. The molecule has 136 valence electrons. The van der Waals surface area contributed by atoms with Crippen LogP contribution in [0.5, 0.6) is 5.75 Å². The van der Waals surface area contributed by atoms with Crippen LogP contribution < -0.4 is 16.2 Å². The van der Waals surface area contributed by atoms with E-state index in [-0.39, 0.29) is 12.5 Å². The Hall–Kier alpha value is -2.80. The van der Waals surface area contributed by atoms with Crippen LogP contribution in [0.3, 0.4) is 0 Å². The number of guanidine groups is 1. The van der Waals surface area contributed by atoms with Gasteiger partial charge in [0.1, 0.15) is 11.6 Å². The second kappa shape index (κ2) is 7.21. The average Bonchev–Trinajstić information content (AvgIpc) is 2.61. The highest BCUT2D eigenvalue weighted by Gasteiger charge is 2.27. The minimum atomic E-state index is -0.540. The summed E-state index contributed by atoms with van der Waals surface area (Å²) in [5, 5.41) is 0.577. The van der Waals surface area contributed by atoms with Crippen molar-refractivity contribution in [3.8, 4) is 16.9 Å². The number of nitrogens with zero attached hydrogens (tertiary/aromatic N) is 2. The van der Waals surface area contributed by atoms with Crippen molar-refractivity contribution in [2.24, 2.45) is 16.5 Å². The van der Waals surface area contributed by atoms with E-state index in [4.69, 9.17) is 27.8 Å². The molecule has 26 heavy (non-hydrogen) atoms. The topological polar surface area (TPSA) is 93.9 Å². The normalized spacial score (nSPS) is 13.1. The number of hydrogen-bond acceptors (Lipinski definition) is 2. The molecule has 1 aliphatic heterocycles. The van der Waals surface area contributed by atoms with Gasteiger partial charge in [-0.2, -0.15) is 4.99 Å². The summed E-state index contributed by atoms with van der Waals surface area (Å²) in [4.78, 5) is 17.3. The van der Waals surface area contributed by atoms with Gasteiger partial charge in [-0.3, -0.25) is 0 Å². The largest absolute Gasteiger partial charge is 0.496 e. The van der Waals surface area contributed by atoms with Gasteiger partial charge in [0, 0.05) is 18.1 Å². The van der Waals surface area contributed by atoms with Gasteiger partial charge in [-0.15, -0.1) is 0 Å². The number of halogens is 2. The highest BCUT2D eigenvalue weighted by molar-refractivity contribution is 6.31. The lowest BCUT2D eigenvalue weighted by Gasteiger charge is -2.30. The average molecular weight is 377 g/mol. The summed E-state index contributed by atoms with van der Waals surface area (Å²) in [6.45, 7) is 0.637. The van der Waals surface area contributed by atoms with E-state index in [1.807, 2.05) is 0 Å². The molecule has 0 aliphatic carbocycles. The minimum Gasteiger partial charge on any atom is -0.496 e. The summed E-state index contributed by atoms with van der Waals surface area (Å²) < 4.78 is 19.9. The number of rotatable bonds is 2. The Kier molecular flexibility index (Phi) is 4.99. The van der Waals surface area contributed by atoms with Gasteiger partial charge in [0.05, 0.1) is 12.7 Å². The van der Waals surface area contributed by atoms with Gasteiger partial charge in [-0.1, -0.05) is 23.7 Å². The summed E-state index contributed by atoms with van der Waals surface area (Å²) in [6.07, 6.45) is 0.518. The van der Waals surface area contributed by atoms with Crippen molar-refractivity contribution in [3.63, 3.8) is 0 Å². The van der Waals surface area contributed by atoms with E-state index in [1.54, 1.807) is 24.3 Å². The van der Waals surface area contributed by atoms with Crippen LogP contribution in [-0.4, -0.2) is 30.5 Å². The van der Waals surface area contributed by atoms with Crippen molar-refractivity contribution in [2.45, 2.75) is 13.0 Å². The molecule has 0 saturated carbocycles. The maximum Gasteiger partial charge on any atom is 0.347 e. The molecule has 2 amide bonds. The van der Waals surface area contributed by atoms with Gasteiger partial charge in [0.15, 0.2) is 5.96 Å². The fourth-order valence-corrected chi connectivity index (χ4v) is 3.42. The fraction of sp³-hybridized carbons (Fsp3) is 0.222. The second-order valence-electron chi connectivity index (χ2n) is 5.86. The quantitative estimate of drug-likeness (QED) is 0.622. The number of amides is 2. The third-order valence-electron chi connectivity index (χ3n) is 4.31. The molecule has 2 aromatic rings. The number of nitrogens with two attached hydrogens (primary N) is 2. The van der Waals surface area contributed by atoms with Gasteiger partial charge < -0.3 is 21.1 Å². The molecule has 0 fully saturated rings. The summed E-state index contributed by atoms with van der Waals surface area (Å²) in [6, 6.07) is 7.55. The molecular weight excluding hydrogens is 359 g/mol. The van der Waals surface area contributed by atoms with Crippen LogP contribution in [-0.2, 0) is 13.0 Å². The Morgan fingerprint density at radius 3 is 2.73 bits per heavy atom. The van der Waals surface area contributed by atoms with E-state index in [0.29, 0.717) is 34.9 Å². The first-order valence-corrected chi connectivity index (χ1v) is 8.31. The first kappa shape index (κ1) is 18.0. The van der Waals surface area contributed by atoms with Crippen LogP contribution in [0.15, 0.2) is 35.3 Å². The molecule has 6 nitrogen and oxygen atoms in total. The number of urea groups is 1. The molecular formula is C18H18ClFN4O2. The number of carbonyl (C=O) groups excluding carboxylic acids is 1. The molecule has 0 unspecified atom stereocenters. The van der Waals surface area contributed by atoms with E-state index in [1.165, 1.54) is 18.1 Å². The zero-order chi connectivity index (χ0) is 18.8. The Morgan fingerprint density at radius 2 is 2.04 bits per heavy atom. The zero-order valence-corrected chi connectivity index (χ0v) is 14.9. The van der Waals surface area contributed by atoms with Crippen molar-refractivity contribution >= 4 is 23.6 Å². The third-order valence-corrected chi connectivity index (χ3v) is 4.67. The van der Waals surface area contributed by atoms with Crippen LogP contribution in [0.2, 0.25) is 5.02 Å². The van der Waals surface area contributed by atoms with Crippen LogP contribution in [0.25, 0.3) is 11.1 Å². The van der Waals surface area contributed by atoms with Gasteiger partial charge >= 0.3 is 6.03 Å². The van der Waals surface area contributed by atoms with Crippen LogP contribution >= 0.6 is 11.6 Å². The Bertz CT molecular complexity index is 897. The summed E-state index contributed by atoms with van der Waals surface area (Å²) in [7, 11) is 1.48. The standard InChI is InChI=1S/C18H18ClFN4O2/c1-26-15-4-2-3-14(20)16(15)11-5-6-13(19)10-7-8-24(9-12(10)11)18(25)23-17(21)22/h2-6H,7-9H2,1H3,(H4,21,22,23,25). The first-order valence-electron chi connectivity index (χ1n) is 7.94. The zero-order valence-electron chi connectivity index (χ0n) is 14.1. The molecule has 0 atom stereocenters. The number of hydrogen-bond donors (Lipinski definition) is 2. The lowest BCUT2D eigenvalue weighted by Crippen LogP contribution is -2.36. The van der Waals surface area contributed by atoms with Crippen molar-refractivity contribution in [1.82, 2.24) is 4.90 Å². The van der Waals surface area contributed by atoms with Gasteiger partial charge in [-0.05, 0) is 41.3 Å². The highest BCUT2D eigenvalue weighted by Crippen LogP contribution is 2.40. The lowest BCUT2D eigenvalue weighted by molar-refractivity contribution is 0.203. The summed E-state index contributed by atoms with van der Waals surface area (Å²) >= 11 is 6.33. The van der Waals surface area contributed by atoms with Gasteiger partial charge in [0.2, 0.25) is 0 Å². The van der Waals surface area contributed by atoms with Crippen molar-refractivity contribution in [3.05, 3.63) is 52.3 Å². The third kappa shape index (κ3) is 3.30. The van der Waals surface area contributed by atoms with Crippen LogP contribution in [0, 0.1) is 5.82 Å². The number of fused-ring (bicyclic) bond motifs is 1. The first-order chi connectivity index (χ1) is 12.4. The molecule has 2 aromatic carbocycles. The van der Waals surface area contributed by atoms with E-state index < -0.39 is 11.8 Å². The highest BCUT2D eigenvalue weighted by atomic mass is 35.5. The number of methoxy groups -OCH3 is 1. The molecule has 0 spiro atoms. The number of benzene rings is 2. The predicted octanol–water partition coefficient (Wildman–Crippen LogP) is 2.91. The molecule has 1 aliphatic rings. The maximum absolute atomic E-state index is 14.6. The number of aliphatic imine (C=N–C) groups is 1. The van der Waals surface area contributed by atoms with Crippen molar-refractivity contribution < 1.29 is 13.9 Å². The predicted molar refractivity (Wildman–Crippen MR) is 98.7 cm³/mol. The molecule has 1 heterocycles. The maximum atomic E-state index is 14.6. The Balaban J connectivity index is 2.12. The van der Waals surface area contributed by atoms with Crippen LogP contribution in [0.4, 0.5) is 9.18 Å². The molecule has 0 saturated heterocycles. The monoisotopic (exact) mass is 376 g/mol. The lowest BCUT2D eigenvalue weighted by atomic mass is 9.90. The van der Waals surface area contributed by atoms with Gasteiger partial charge in [0.25, 0.3) is 0 Å².